The van der Waals surface area contributed by atoms with E-state index in [-0.39, 0.29) is 11.8 Å². The molecule has 58 heavy (non-hydrogen) atoms. The Labute approximate surface area is 364 Å². The summed E-state index contributed by atoms with van der Waals surface area (Å²) < 4.78 is 0. The summed E-state index contributed by atoms with van der Waals surface area (Å²) in [7, 11) is 0. The number of fused-ring (bicyclic) bond motifs is 1. The average molecular weight is 833 g/mol. The first-order chi connectivity index (χ1) is 28.2. The fraction of sp³-hybridized carbons (Fsp3) is 0.731. The Morgan fingerprint density at radius 1 is 0.431 bits per heavy atom. The minimum Gasteiger partial charge on any atom is -0.306 e. The molecule has 0 saturated heterocycles. The molecule has 4 nitrogen and oxygen atoms in total. The van der Waals surface area contributed by atoms with Crippen LogP contribution in [0.4, 0.5) is 0 Å². The van der Waals surface area contributed by atoms with Crippen molar-refractivity contribution in [1.29, 1.82) is 0 Å². The number of hydrogen-bond acceptors (Lipinski definition) is 4. The SMILES string of the molecule is CCCCCCCCC(CCCCCC)CN1C(=O)C2=C(c3ccc(C(C)C)s3)N(CC(CCCCCC)CCCCCCCC)C(=O)C2=C1c1ccc(C(C)C)s1. The van der Waals surface area contributed by atoms with Gasteiger partial charge < -0.3 is 9.80 Å². The van der Waals surface area contributed by atoms with E-state index in [0.29, 0.717) is 47.9 Å². The maximum atomic E-state index is 15.4. The zero-order valence-electron chi connectivity index (χ0n) is 38.5. The van der Waals surface area contributed by atoms with Gasteiger partial charge in [0.1, 0.15) is 0 Å². The Hall–Kier alpha value is -2.18. The summed E-state index contributed by atoms with van der Waals surface area (Å²) in [5.74, 6) is 1.77. The van der Waals surface area contributed by atoms with Gasteiger partial charge in [-0.15, -0.1) is 22.7 Å². The summed E-state index contributed by atoms with van der Waals surface area (Å²) in [5.41, 5.74) is 3.18. The molecule has 2 aliphatic heterocycles. The van der Waals surface area contributed by atoms with Crippen LogP contribution < -0.4 is 0 Å². The first-order valence-corrected chi connectivity index (χ1v) is 26.1. The van der Waals surface area contributed by atoms with Crippen molar-refractivity contribution in [2.24, 2.45) is 11.8 Å². The van der Waals surface area contributed by atoms with E-state index in [4.69, 9.17) is 0 Å². The Balaban J connectivity index is 1.77. The van der Waals surface area contributed by atoms with Gasteiger partial charge in [-0.05, 0) is 73.6 Å². The molecule has 2 aliphatic rings. The highest BCUT2D eigenvalue weighted by Gasteiger charge is 2.50. The second-order valence-electron chi connectivity index (χ2n) is 18.5. The first kappa shape index (κ1) is 48.5. The van der Waals surface area contributed by atoms with Gasteiger partial charge >= 0.3 is 0 Å². The number of amides is 2. The van der Waals surface area contributed by atoms with Gasteiger partial charge in [0, 0.05) is 22.8 Å². The summed E-state index contributed by atoms with van der Waals surface area (Å²) in [6.07, 6.45) is 30.0. The maximum absolute atomic E-state index is 15.4. The molecule has 0 N–H and O–H groups in total. The highest BCUT2D eigenvalue weighted by Crippen LogP contribution is 2.50. The largest absolute Gasteiger partial charge is 0.306 e. The molecule has 326 valence electrons. The predicted molar refractivity (Wildman–Crippen MR) is 255 cm³/mol. The van der Waals surface area contributed by atoms with E-state index in [0.717, 1.165) is 46.8 Å². The summed E-state index contributed by atoms with van der Waals surface area (Å²) in [6.45, 7) is 19.5. The Morgan fingerprint density at radius 3 is 1.02 bits per heavy atom. The number of thiophene rings is 2. The summed E-state index contributed by atoms with van der Waals surface area (Å²) in [4.78, 5) is 39.7. The van der Waals surface area contributed by atoms with E-state index in [1.54, 1.807) is 22.7 Å². The van der Waals surface area contributed by atoms with Gasteiger partial charge in [0.05, 0.1) is 32.3 Å². The predicted octanol–water partition coefficient (Wildman–Crippen LogP) is 16.5. The lowest BCUT2D eigenvalue weighted by Crippen LogP contribution is -2.34. The van der Waals surface area contributed by atoms with Crippen LogP contribution in [0.5, 0.6) is 0 Å². The van der Waals surface area contributed by atoms with Crippen molar-refractivity contribution in [1.82, 2.24) is 9.80 Å². The van der Waals surface area contributed by atoms with Gasteiger partial charge in [0.2, 0.25) is 0 Å². The first-order valence-electron chi connectivity index (χ1n) is 24.5. The molecule has 4 heterocycles. The highest BCUT2D eigenvalue weighted by atomic mass is 32.1. The van der Waals surface area contributed by atoms with Crippen molar-refractivity contribution >= 4 is 45.9 Å². The molecule has 2 atom stereocenters. The van der Waals surface area contributed by atoms with E-state index in [1.807, 2.05) is 0 Å². The number of carbonyl (C=O) groups excluding carboxylic acids is 2. The van der Waals surface area contributed by atoms with Crippen LogP contribution in [-0.4, -0.2) is 34.7 Å². The molecule has 0 aliphatic carbocycles. The van der Waals surface area contributed by atoms with Crippen LogP contribution in [0.1, 0.15) is 241 Å². The molecular weight excluding hydrogens is 749 g/mol. The van der Waals surface area contributed by atoms with Gasteiger partial charge in [0.15, 0.2) is 0 Å². The lowest BCUT2D eigenvalue weighted by Gasteiger charge is -2.29. The van der Waals surface area contributed by atoms with Crippen LogP contribution in [0, 0.1) is 11.8 Å². The van der Waals surface area contributed by atoms with Crippen LogP contribution in [0.15, 0.2) is 35.4 Å². The summed E-state index contributed by atoms with van der Waals surface area (Å²) in [5, 5.41) is 0. The van der Waals surface area contributed by atoms with Crippen molar-refractivity contribution < 1.29 is 9.59 Å². The molecule has 0 bridgehead atoms. The molecule has 4 rings (SSSR count). The molecule has 2 aromatic heterocycles. The van der Waals surface area contributed by atoms with Gasteiger partial charge in [-0.1, -0.05) is 184 Å². The standard InChI is InChI=1S/C52H84N2O2S2/c1-9-13-17-21-23-27-31-41(29-25-19-15-11-3)37-53-49(45-35-33-43(57-45)39(5)6)47-48(51(53)55)50(46-36-34-44(58-46)40(7)8)54(52(47)56)38-42(30-26-20-16-12-4)32-28-24-22-18-14-10-2/h33-36,39-42H,9-32,37-38H2,1-8H3. The second-order valence-corrected chi connectivity index (χ2v) is 20.8. The fourth-order valence-corrected chi connectivity index (χ4v) is 11.3. The second kappa shape index (κ2) is 26.2. The van der Waals surface area contributed by atoms with Crippen LogP contribution in [0.2, 0.25) is 0 Å². The van der Waals surface area contributed by atoms with Gasteiger partial charge in [-0.2, -0.15) is 0 Å². The van der Waals surface area contributed by atoms with Crippen molar-refractivity contribution in [3.05, 3.63) is 54.9 Å². The van der Waals surface area contributed by atoms with Crippen LogP contribution in [-0.2, 0) is 9.59 Å². The third-order valence-electron chi connectivity index (χ3n) is 12.8. The zero-order valence-corrected chi connectivity index (χ0v) is 40.2. The summed E-state index contributed by atoms with van der Waals surface area (Å²) >= 11 is 3.58. The fourth-order valence-electron chi connectivity index (χ4n) is 9.15. The van der Waals surface area contributed by atoms with E-state index in [1.165, 1.54) is 138 Å². The molecule has 0 aromatic carbocycles. The van der Waals surface area contributed by atoms with E-state index < -0.39 is 0 Å². The molecule has 0 saturated carbocycles. The number of carbonyl (C=O) groups is 2. The van der Waals surface area contributed by atoms with E-state index >= 15 is 9.59 Å². The smallest absolute Gasteiger partial charge is 0.261 e. The van der Waals surface area contributed by atoms with E-state index in [9.17, 15) is 0 Å². The van der Waals surface area contributed by atoms with Gasteiger partial charge in [-0.3, -0.25) is 9.59 Å². The molecule has 2 amide bonds. The normalized spacial score (nSPS) is 15.7. The highest BCUT2D eigenvalue weighted by molar-refractivity contribution is 7.13. The molecule has 2 unspecified atom stereocenters. The lowest BCUT2D eigenvalue weighted by atomic mass is 9.93. The average Bonchev–Trinajstić information content (AvgIpc) is 4.00. The van der Waals surface area contributed by atoms with Crippen LogP contribution >= 0.6 is 22.7 Å². The van der Waals surface area contributed by atoms with Gasteiger partial charge in [0.25, 0.3) is 11.8 Å². The van der Waals surface area contributed by atoms with Crippen molar-refractivity contribution in [2.75, 3.05) is 13.1 Å². The number of rotatable bonds is 32. The van der Waals surface area contributed by atoms with E-state index in [2.05, 4.69) is 89.5 Å². The Kier molecular flexibility index (Phi) is 21.9. The Bertz CT molecular complexity index is 1460. The minimum atomic E-state index is 0.0618. The summed E-state index contributed by atoms with van der Waals surface area (Å²) in [6, 6.07) is 8.89. The zero-order chi connectivity index (χ0) is 41.9. The number of nitrogens with zero attached hydrogens (tertiary/aromatic N) is 2. The monoisotopic (exact) mass is 833 g/mol. The third kappa shape index (κ3) is 13.9. The maximum Gasteiger partial charge on any atom is 0.261 e. The third-order valence-corrected chi connectivity index (χ3v) is 15.6. The van der Waals surface area contributed by atoms with Gasteiger partial charge in [-0.25, -0.2) is 0 Å². The topological polar surface area (TPSA) is 40.6 Å². The molecule has 0 spiro atoms. The minimum absolute atomic E-state index is 0.0618. The molecule has 6 heteroatoms. The molecule has 0 radical (unpaired) electrons. The quantitative estimate of drug-likeness (QED) is 0.0689. The van der Waals surface area contributed by atoms with Crippen LogP contribution in [0.25, 0.3) is 11.4 Å². The van der Waals surface area contributed by atoms with Crippen molar-refractivity contribution in [3.63, 3.8) is 0 Å². The van der Waals surface area contributed by atoms with Crippen molar-refractivity contribution in [2.45, 2.75) is 221 Å². The molecule has 2 aromatic rings. The van der Waals surface area contributed by atoms with Crippen LogP contribution in [0.3, 0.4) is 0 Å². The number of hydrogen-bond donors (Lipinski definition) is 0. The number of unbranched alkanes of at least 4 members (excludes halogenated alkanes) is 16. The Morgan fingerprint density at radius 2 is 0.724 bits per heavy atom. The lowest BCUT2D eigenvalue weighted by molar-refractivity contribution is -0.124. The molecular formula is C52H84N2O2S2. The molecule has 0 fully saturated rings. The van der Waals surface area contributed by atoms with Crippen molar-refractivity contribution in [3.8, 4) is 0 Å².